The maximum absolute atomic E-state index is 8.54. The van der Waals surface area contributed by atoms with E-state index in [1.54, 1.807) is 12.1 Å². The van der Waals surface area contributed by atoms with Crippen molar-refractivity contribution in [2.45, 2.75) is 0 Å². The van der Waals surface area contributed by atoms with Gasteiger partial charge in [-0.15, -0.1) is 0 Å². The minimum absolute atomic E-state index is 0.681. The van der Waals surface area contributed by atoms with Gasteiger partial charge >= 0.3 is 0 Å². The van der Waals surface area contributed by atoms with Crippen LogP contribution in [0.1, 0.15) is 11.1 Å². The molecule has 1 heteroatoms. The molecule has 0 atom stereocenters. The Morgan fingerprint density at radius 2 is 2.27 bits per heavy atom. The molecule has 1 aromatic rings. The molecule has 0 N–H and O–H groups in total. The first-order chi connectivity index (χ1) is 5.36. The lowest BCUT2D eigenvalue weighted by molar-refractivity contribution is 1.48. The van der Waals surface area contributed by atoms with Crippen LogP contribution in [0.4, 0.5) is 0 Å². The van der Waals surface area contributed by atoms with E-state index in [-0.39, 0.29) is 0 Å². The molecular formula is C10H8N. The monoisotopic (exact) mass is 142 g/mol. The minimum Gasteiger partial charge on any atom is -0.192 e. The fourth-order valence-corrected chi connectivity index (χ4v) is 0.848. The van der Waals surface area contributed by atoms with E-state index in [1.807, 2.05) is 24.3 Å². The van der Waals surface area contributed by atoms with Gasteiger partial charge in [0, 0.05) is 0 Å². The molecule has 1 aromatic carbocycles. The van der Waals surface area contributed by atoms with Crippen LogP contribution in [0.3, 0.4) is 0 Å². The summed E-state index contributed by atoms with van der Waals surface area (Å²) in [6, 6.07) is 9.46. The second-order valence-electron chi connectivity index (χ2n) is 2.14. The van der Waals surface area contributed by atoms with E-state index >= 15 is 0 Å². The quantitative estimate of drug-likeness (QED) is 0.590. The first kappa shape index (κ1) is 7.56. The normalized spacial score (nSPS) is 9.82. The summed E-state index contributed by atoms with van der Waals surface area (Å²) in [5.74, 6) is 0. The smallest absolute Gasteiger partial charge is 0.0991 e. The molecule has 0 aromatic heterocycles. The van der Waals surface area contributed by atoms with Crippen molar-refractivity contribution in [3.8, 4) is 6.07 Å². The molecule has 0 aliphatic rings. The summed E-state index contributed by atoms with van der Waals surface area (Å²) in [6.45, 7) is 3.57. The average molecular weight is 142 g/mol. The maximum Gasteiger partial charge on any atom is 0.0991 e. The second-order valence-corrected chi connectivity index (χ2v) is 2.14. The van der Waals surface area contributed by atoms with Gasteiger partial charge in [0.1, 0.15) is 0 Å². The number of hydrogen-bond donors (Lipinski definition) is 0. The molecule has 0 aliphatic carbocycles. The third-order valence-corrected chi connectivity index (χ3v) is 1.33. The van der Waals surface area contributed by atoms with Gasteiger partial charge in [-0.1, -0.05) is 24.3 Å². The molecule has 11 heavy (non-hydrogen) atoms. The molecule has 1 rings (SSSR count). The van der Waals surface area contributed by atoms with Crippen molar-refractivity contribution in [2.75, 3.05) is 0 Å². The number of allylic oxidation sites excluding steroid dienone is 1. The van der Waals surface area contributed by atoms with Crippen molar-refractivity contribution in [1.29, 1.82) is 5.26 Å². The van der Waals surface area contributed by atoms with Crippen molar-refractivity contribution >= 4 is 6.08 Å². The minimum atomic E-state index is 0.681. The highest BCUT2D eigenvalue weighted by molar-refractivity contribution is 5.52. The lowest BCUT2D eigenvalue weighted by Gasteiger charge is -1.91. The molecule has 1 radical (unpaired) electrons. The van der Waals surface area contributed by atoms with Crippen LogP contribution in [0.25, 0.3) is 6.08 Å². The van der Waals surface area contributed by atoms with Crippen molar-refractivity contribution < 1.29 is 0 Å². The van der Waals surface area contributed by atoms with Gasteiger partial charge in [-0.3, -0.25) is 0 Å². The van der Waals surface area contributed by atoms with E-state index in [0.717, 1.165) is 5.56 Å². The number of nitriles is 1. The van der Waals surface area contributed by atoms with E-state index in [9.17, 15) is 0 Å². The summed E-state index contributed by atoms with van der Waals surface area (Å²) in [6.07, 6.45) is 3.57. The van der Waals surface area contributed by atoms with Crippen LogP contribution in [0.2, 0.25) is 0 Å². The fourth-order valence-electron chi connectivity index (χ4n) is 0.848. The van der Waals surface area contributed by atoms with Crippen molar-refractivity contribution in [1.82, 2.24) is 0 Å². The molecule has 53 valence electrons. The summed E-state index contributed by atoms with van der Waals surface area (Å²) >= 11 is 0. The number of nitrogens with zero attached hydrogens (tertiary/aromatic N) is 1. The molecule has 0 fully saturated rings. The Hall–Kier alpha value is -1.55. The Labute approximate surface area is 66.6 Å². The number of rotatable bonds is 1. The summed E-state index contributed by atoms with van der Waals surface area (Å²) in [5.41, 5.74) is 1.69. The summed E-state index contributed by atoms with van der Waals surface area (Å²) in [5, 5.41) is 8.54. The predicted molar refractivity (Wildman–Crippen MR) is 45.5 cm³/mol. The zero-order valence-corrected chi connectivity index (χ0v) is 6.12. The SMILES string of the molecule is [CH2]C=Cc1cccc(C#N)c1. The Kier molecular flexibility index (Phi) is 2.46. The Bertz CT molecular complexity index is 305. The van der Waals surface area contributed by atoms with Crippen molar-refractivity contribution in [3.05, 3.63) is 48.4 Å². The topological polar surface area (TPSA) is 23.8 Å². The lowest BCUT2D eigenvalue weighted by Crippen LogP contribution is -1.74. The zero-order valence-electron chi connectivity index (χ0n) is 6.12. The van der Waals surface area contributed by atoms with Crippen molar-refractivity contribution in [2.24, 2.45) is 0 Å². The van der Waals surface area contributed by atoms with Gasteiger partial charge in [-0.2, -0.15) is 5.26 Å². The molecule has 1 nitrogen and oxygen atoms in total. The van der Waals surface area contributed by atoms with Crippen molar-refractivity contribution in [3.63, 3.8) is 0 Å². The molecule has 0 unspecified atom stereocenters. The van der Waals surface area contributed by atoms with Crippen LogP contribution in [-0.2, 0) is 0 Å². The Morgan fingerprint density at radius 1 is 1.45 bits per heavy atom. The standard InChI is InChI=1S/C10H8N/c1-2-4-9-5-3-6-10(7-9)8-11/h2-7H,1H2. The lowest BCUT2D eigenvalue weighted by atomic mass is 10.1. The highest BCUT2D eigenvalue weighted by Gasteiger charge is 1.88. The van der Waals surface area contributed by atoms with Gasteiger partial charge in [0.2, 0.25) is 0 Å². The molecule has 0 spiro atoms. The molecular weight excluding hydrogens is 134 g/mol. The first-order valence-corrected chi connectivity index (χ1v) is 3.33. The summed E-state index contributed by atoms with van der Waals surface area (Å²) in [4.78, 5) is 0. The van der Waals surface area contributed by atoms with Gasteiger partial charge in [-0.25, -0.2) is 0 Å². The molecule has 0 bridgehead atoms. The van der Waals surface area contributed by atoms with Gasteiger partial charge in [0.25, 0.3) is 0 Å². The third-order valence-electron chi connectivity index (χ3n) is 1.33. The van der Waals surface area contributed by atoms with E-state index in [0.29, 0.717) is 5.56 Å². The Morgan fingerprint density at radius 3 is 2.91 bits per heavy atom. The van der Waals surface area contributed by atoms with Crippen LogP contribution >= 0.6 is 0 Å². The largest absolute Gasteiger partial charge is 0.192 e. The summed E-state index contributed by atoms with van der Waals surface area (Å²) < 4.78 is 0. The van der Waals surface area contributed by atoms with Gasteiger partial charge < -0.3 is 0 Å². The van der Waals surface area contributed by atoms with Gasteiger partial charge in [0.05, 0.1) is 11.6 Å². The van der Waals surface area contributed by atoms with Crippen LogP contribution in [-0.4, -0.2) is 0 Å². The van der Waals surface area contributed by atoms with E-state index < -0.39 is 0 Å². The maximum atomic E-state index is 8.54. The van der Waals surface area contributed by atoms with Gasteiger partial charge in [-0.05, 0) is 24.6 Å². The molecule has 0 heterocycles. The van der Waals surface area contributed by atoms with Crippen LogP contribution in [0.5, 0.6) is 0 Å². The highest BCUT2D eigenvalue weighted by atomic mass is 14.2. The number of benzene rings is 1. The third kappa shape index (κ3) is 1.94. The van der Waals surface area contributed by atoms with E-state index in [2.05, 4.69) is 13.0 Å². The first-order valence-electron chi connectivity index (χ1n) is 3.33. The molecule has 0 amide bonds. The summed E-state index contributed by atoms with van der Waals surface area (Å²) in [7, 11) is 0. The van der Waals surface area contributed by atoms with E-state index in [4.69, 9.17) is 5.26 Å². The predicted octanol–water partition coefficient (Wildman–Crippen LogP) is 2.41. The van der Waals surface area contributed by atoms with Gasteiger partial charge in [0.15, 0.2) is 0 Å². The molecule has 0 saturated carbocycles. The Balaban J connectivity index is 3.03. The highest BCUT2D eigenvalue weighted by Crippen LogP contribution is 2.05. The number of hydrogen-bond acceptors (Lipinski definition) is 1. The van der Waals surface area contributed by atoms with Crippen LogP contribution in [0, 0.1) is 18.3 Å². The van der Waals surface area contributed by atoms with Crippen LogP contribution in [0.15, 0.2) is 30.3 Å². The fraction of sp³-hybridized carbons (Fsp3) is 0. The molecule has 0 saturated heterocycles. The zero-order chi connectivity index (χ0) is 8.10. The van der Waals surface area contributed by atoms with Crippen LogP contribution < -0.4 is 0 Å². The molecule has 0 aliphatic heterocycles. The second kappa shape index (κ2) is 3.58. The van der Waals surface area contributed by atoms with E-state index in [1.165, 1.54) is 0 Å². The average Bonchev–Trinajstić information content (AvgIpc) is 2.06.